The van der Waals surface area contributed by atoms with Crippen molar-refractivity contribution < 1.29 is 36.4 Å². The Morgan fingerprint density at radius 3 is 2.28 bits per heavy atom. The maximum atomic E-state index is 13.0. The van der Waals surface area contributed by atoms with E-state index in [0.29, 0.717) is 12.8 Å². The van der Waals surface area contributed by atoms with Gasteiger partial charge in [-0.1, -0.05) is 0 Å². The fourth-order valence-corrected chi connectivity index (χ4v) is 2.93. The zero-order valence-electron chi connectivity index (χ0n) is 9.12. The number of hydrogen-bond acceptors (Lipinski definition) is 5. The van der Waals surface area contributed by atoms with Crippen LogP contribution in [-0.2, 0) is 19.6 Å². The Kier molecular flexibility index (Phi) is 3.11. The van der Waals surface area contributed by atoms with E-state index >= 15 is 0 Å². The van der Waals surface area contributed by atoms with Crippen LogP contribution in [0, 0.1) is 11.8 Å². The van der Waals surface area contributed by atoms with Gasteiger partial charge < -0.3 is 9.84 Å². The Labute approximate surface area is 102 Å². The van der Waals surface area contributed by atoms with Gasteiger partial charge in [-0.3, -0.25) is 4.55 Å². The molecule has 0 aromatic carbocycles. The molecule has 2 aliphatic rings. The van der Waals surface area contributed by atoms with E-state index in [1.165, 1.54) is 0 Å². The normalized spacial score (nSPS) is 35.8. The van der Waals surface area contributed by atoms with Gasteiger partial charge in [-0.15, -0.1) is 0 Å². The van der Waals surface area contributed by atoms with Crippen molar-refractivity contribution in [2.45, 2.75) is 36.7 Å². The molecule has 0 saturated heterocycles. The molecule has 4 unspecified atom stereocenters. The number of fused-ring (bicyclic) bond motifs is 2. The number of esters is 1. The average Bonchev–Trinajstić information content (AvgIpc) is 2.80. The second kappa shape index (κ2) is 4.10. The van der Waals surface area contributed by atoms with Gasteiger partial charge in [-0.2, -0.15) is 17.2 Å². The summed E-state index contributed by atoms with van der Waals surface area (Å²) < 4.78 is 59.2. The van der Waals surface area contributed by atoms with Crippen molar-refractivity contribution in [1.82, 2.24) is 0 Å². The van der Waals surface area contributed by atoms with Crippen LogP contribution in [0.3, 0.4) is 0 Å². The summed E-state index contributed by atoms with van der Waals surface area (Å²) in [6, 6.07) is 0. The summed E-state index contributed by atoms with van der Waals surface area (Å²) in [6.45, 7) is 0. The number of hydrogen-bond donors (Lipinski definition) is 2. The van der Waals surface area contributed by atoms with Gasteiger partial charge in [0.2, 0.25) is 0 Å². The summed E-state index contributed by atoms with van der Waals surface area (Å²) >= 11 is 0. The Hall–Kier alpha value is -0.800. The molecule has 2 bridgehead atoms. The first-order valence-corrected chi connectivity index (χ1v) is 6.82. The lowest BCUT2D eigenvalue weighted by molar-refractivity contribution is -0.176. The third-order valence-electron chi connectivity index (χ3n) is 3.60. The maximum absolute atomic E-state index is 13.0. The van der Waals surface area contributed by atoms with Crippen LogP contribution < -0.4 is 0 Å². The standard InChI is InChI=1S/C9H12F2O6S/c10-9(11,18(14,15)16)8(13)17-7-5-2-1-4(3-5)6(7)12/h4-7,12H,1-3H2,(H,14,15,16). The molecule has 0 amide bonds. The quantitative estimate of drug-likeness (QED) is 0.566. The molecule has 2 fully saturated rings. The van der Waals surface area contributed by atoms with Crippen molar-refractivity contribution in [3.8, 4) is 0 Å². The van der Waals surface area contributed by atoms with Crippen molar-refractivity contribution in [2.75, 3.05) is 0 Å². The fourth-order valence-electron chi connectivity index (χ4n) is 2.67. The molecular formula is C9H12F2O6S. The first-order chi connectivity index (χ1) is 8.14. The van der Waals surface area contributed by atoms with Gasteiger partial charge >= 0.3 is 21.3 Å². The van der Waals surface area contributed by atoms with Crippen molar-refractivity contribution in [2.24, 2.45) is 11.8 Å². The molecular weight excluding hydrogens is 274 g/mol. The molecule has 0 radical (unpaired) electrons. The minimum atomic E-state index is -5.86. The number of rotatable bonds is 3. The number of aliphatic hydroxyl groups is 1. The molecule has 4 atom stereocenters. The predicted octanol–water partition coefficient (Wildman–Crippen LogP) is 0.170. The molecule has 0 heterocycles. The van der Waals surface area contributed by atoms with Crippen molar-refractivity contribution in [3.05, 3.63) is 0 Å². The number of ether oxygens (including phenoxy) is 1. The maximum Gasteiger partial charge on any atom is 0.465 e. The first-order valence-electron chi connectivity index (χ1n) is 5.38. The number of carbonyl (C=O) groups excluding carboxylic acids is 1. The second-order valence-electron chi connectivity index (χ2n) is 4.69. The molecule has 0 aromatic heterocycles. The average molecular weight is 286 g/mol. The van der Waals surface area contributed by atoms with Gasteiger partial charge in [0.25, 0.3) is 0 Å². The van der Waals surface area contributed by atoms with E-state index in [0.717, 1.165) is 6.42 Å². The molecule has 2 N–H and O–H groups in total. The number of halogens is 2. The van der Waals surface area contributed by atoms with Gasteiger partial charge in [-0.05, 0) is 31.1 Å². The zero-order valence-corrected chi connectivity index (χ0v) is 9.94. The monoisotopic (exact) mass is 286 g/mol. The van der Waals surface area contributed by atoms with E-state index < -0.39 is 33.5 Å². The van der Waals surface area contributed by atoms with Crippen LogP contribution in [-0.4, -0.2) is 41.5 Å². The van der Waals surface area contributed by atoms with E-state index in [1.54, 1.807) is 0 Å². The lowest BCUT2D eigenvalue weighted by Gasteiger charge is -2.27. The van der Waals surface area contributed by atoms with E-state index in [-0.39, 0.29) is 11.8 Å². The number of carbonyl (C=O) groups is 1. The SMILES string of the molecule is O=C(OC1C2CCC(C2)C1O)C(F)(F)S(=O)(=O)O. The van der Waals surface area contributed by atoms with Crippen molar-refractivity contribution in [1.29, 1.82) is 0 Å². The Morgan fingerprint density at radius 1 is 1.28 bits per heavy atom. The summed E-state index contributed by atoms with van der Waals surface area (Å²) in [5.74, 6) is -2.68. The van der Waals surface area contributed by atoms with Gasteiger partial charge in [0.05, 0.1) is 6.10 Å². The smallest absolute Gasteiger partial charge is 0.454 e. The zero-order chi connectivity index (χ0) is 13.7. The minimum absolute atomic E-state index is 0.104. The molecule has 9 heteroatoms. The highest BCUT2D eigenvalue weighted by Crippen LogP contribution is 2.46. The fraction of sp³-hybridized carbons (Fsp3) is 0.889. The molecule has 0 aromatic rings. The van der Waals surface area contributed by atoms with Crippen LogP contribution in [0.1, 0.15) is 19.3 Å². The third-order valence-corrected chi connectivity index (χ3v) is 4.42. The largest absolute Gasteiger partial charge is 0.465 e. The molecule has 2 aliphatic carbocycles. The van der Waals surface area contributed by atoms with E-state index in [2.05, 4.69) is 4.74 Å². The molecule has 104 valence electrons. The molecule has 6 nitrogen and oxygen atoms in total. The Balaban J connectivity index is 2.09. The van der Waals surface area contributed by atoms with Crippen LogP contribution in [0.5, 0.6) is 0 Å². The highest BCUT2D eigenvalue weighted by atomic mass is 32.2. The minimum Gasteiger partial charge on any atom is -0.454 e. The number of aliphatic hydroxyl groups excluding tert-OH is 1. The summed E-state index contributed by atoms with van der Waals surface area (Å²) in [5, 5.41) is 4.66. The summed E-state index contributed by atoms with van der Waals surface area (Å²) in [7, 11) is -5.86. The van der Waals surface area contributed by atoms with Crippen LogP contribution in [0.25, 0.3) is 0 Å². The molecule has 2 rings (SSSR count). The van der Waals surface area contributed by atoms with Crippen molar-refractivity contribution >= 4 is 16.1 Å². The highest BCUT2D eigenvalue weighted by Gasteiger charge is 2.57. The van der Waals surface area contributed by atoms with Crippen LogP contribution in [0.15, 0.2) is 0 Å². The van der Waals surface area contributed by atoms with Gasteiger partial charge in [-0.25, -0.2) is 4.79 Å². The topological polar surface area (TPSA) is 101 Å². The van der Waals surface area contributed by atoms with Crippen molar-refractivity contribution in [3.63, 3.8) is 0 Å². The lowest BCUT2D eigenvalue weighted by Crippen LogP contribution is -2.44. The van der Waals surface area contributed by atoms with E-state index in [4.69, 9.17) is 4.55 Å². The Bertz CT molecular complexity index is 460. The molecule has 0 spiro atoms. The van der Waals surface area contributed by atoms with Crippen LogP contribution in [0.2, 0.25) is 0 Å². The summed E-state index contributed by atoms with van der Waals surface area (Å²) in [6.07, 6.45) is -0.240. The van der Waals surface area contributed by atoms with Gasteiger partial charge in [0.15, 0.2) is 0 Å². The van der Waals surface area contributed by atoms with Crippen LogP contribution in [0.4, 0.5) is 8.78 Å². The molecule has 18 heavy (non-hydrogen) atoms. The summed E-state index contributed by atoms with van der Waals surface area (Å²) in [4.78, 5) is 11.1. The third kappa shape index (κ3) is 1.99. The first kappa shape index (κ1) is 13.6. The van der Waals surface area contributed by atoms with E-state index in [1.807, 2.05) is 0 Å². The van der Waals surface area contributed by atoms with Gasteiger partial charge in [0, 0.05) is 0 Å². The predicted molar refractivity (Wildman–Crippen MR) is 53.2 cm³/mol. The van der Waals surface area contributed by atoms with E-state index in [9.17, 15) is 27.1 Å². The Morgan fingerprint density at radius 2 is 1.83 bits per heavy atom. The lowest BCUT2D eigenvalue weighted by atomic mass is 9.95. The molecule has 2 saturated carbocycles. The number of alkyl halides is 2. The highest BCUT2D eigenvalue weighted by molar-refractivity contribution is 7.87. The summed E-state index contributed by atoms with van der Waals surface area (Å²) in [5.41, 5.74) is 0. The second-order valence-corrected chi connectivity index (χ2v) is 6.15. The van der Waals surface area contributed by atoms with Gasteiger partial charge in [0.1, 0.15) is 6.10 Å². The van der Waals surface area contributed by atoms with Crippen LogP contribution >= 0.6 is 0 Å². The molecule has 0 aliphatic heterocycles.